The molecule has 0 unspecified atom stereocenters. The quantitative estimate of drug-likeness (QED) is 0.878. The summed E-state index contributed by atoms with van der Waals surface area (Å²) in [5.41, 5.74) is 1.09. The highest BCUT2D eigenvalue weighted by atomic mass is 16.6. The highest BCUT2D eigenvalue weighted by Gasteiger charge is 2.19. The summed E-state index contributed by atoms with van der Waals surface area (Å²) in [5.74, 6) is 1.18. The molecule has 2 aromatic rings. The van der Waals surface area contributed by atoms with Crippen LogP contribution in [0.5, 0.6) is 5.75 Å². The average molecular weight is 359 g/mol. The van der Waals surface area contributed by atoms with Gasteiger partial charge in [0, 0.05) is 7.05 Å². The fraction of sp³-hybridized carbons (Fsp3) is 0.556. The second kappa shape index (κ2) is 8.16. The standard InChI is InChI=1S/C18H25N5O3/c1-12(2)25-18(24)20-17-16(21-22-23(17)3)15-10-9-14(11-19-15)26-13-7-5-4-6-8-13/h9-13H,4-8H2,1-3H3,(H,20,24). The number of pyridine rings is 1. The third-order valence-corrected chi connectivity index (χ3v) is 4.22. The van der Waals surface area contributed by atoms with Gasteiger partial charge in [-0.3, -0.25) is 10.3 Å². The second-order valence-electron chi connectivity index (χ2n) is 6.75. The molecule has 0 atom stereocenters. The van der Waals surface area contributed by atoms with Crippen molar-refractivity contribution in [2.45, 2.75) is 58.2 Å². The number of amides is 1. The van der Waals surface area contributed by atoms with Crippen molar-refractivity contribution in [3.8, 4) is 17.1 Å². The summed E-state index contributed by atoms with van der Waals surface area (Å²) in [7, 11) is 1.70. The first kappa shape index (κ1) is 18.2. The molecule has 3 rings (SSSR count). The SMILES string of the molecule is CC(C)OC(=O)Nc1c(-c2ccc(OC3CCCCC3)cn2)nnn1C. The molecule has 1 aliphatic rings. The van der Waals surface area contributed by atoms with E-state index >= 15 is 0 Å². The third kappa shape index (κ3) is 4.50. The predicted molar refractivity (Wildman–Crippen MR) is 97.0 cm³/mol. The van der Waals surface area contributed by atoms with Crippen LogP contribution in [0.2, 0.25) is 0 Å². The minimum absolute atomic E-state index is 0.214. The van der Waals surface area contributed by atoms with Crippen LogP contribution in [-0.2, 0) is 11.8 Å². The first-order valence-electron chi connectivity index (χ1n) is 9.03. The van der Waals surface area contributed by atoms with Gasteiger partial charge in [0.15, 0.2) is 11.5 Å². The molecule has 1 N–H and O–H groups in total. The summed E-state index contributed by atoms with van der Waals surface area (Å²) in [6.07, 6.45) is 7.12. The fourth-order valence-corrected chi connectivity index (χ4v) is 2.98. The number of nitrogens with zero attached hydrogens (tertiary/aromatic N) is 4. The molecule has 2 heterocycles. The van der Waals surface area contributed by atoms with E-state index in [0.717, 1.165) is 18.6 Å². The molecule has 2 aromatic heterocycles. The largest absolute Gasteiger partial charge is 0.489 e. The van der Waals surface area contributed by atoms with Crippen LogP contribution in [0.1, 0.15) is 46.0 Å². The molecule has 1 fully saturated rings. The molecule has 8 heteroatoms. The maximum Gasteiger partial charge on any atom is 0.413 e. The summed E-state index contributed by atoms with van der Waals surface area (Å²) in [6.45, 7) is 3.57. The van der Waals surface area contributed by atoms with Crippen LogP contribution >= 0.6 is 0 Å². The number of hydrogen-bond donors (Lipinski definition) is 1. The monoisotopic (exact) mass is 359 g/mol. The van der Waals surface area contributed by atoms with E-state index in [1.54, 1.807) is 27.1 Å². The van der Waals surface area contributed by atoms with Gasteiger partial charge in [0.25, 0.3) is 0 Å². The van der Waals surface area contributed by atoms with Crippen molar-refractivity contribution >= 4 is 11.9 Å². The van der Waals surface area contributed by atoms with E-state index in [1.165, 1.54) is 23.9 Å². The maximum absolute atomic E-state index is 11.9. The zero-order chi connectivity index (χ0) is 18.5. The summed E-state index contributed by atoms with van der Waals surface area (Å²) >= 11 is 0. The van der Waals surface area contributed by atoms with Crippen molar-refractivity contribution in [1.82, 2.24) is 20.0 Å². The molecule has 0 aromatic carbocycles. The Morgan fingerprint density at radius 3 is 2.69 bits per heavy atom. The molecular weight excluding hydrogens is 334 g/mol. The van der Waals surface area contributed by atoms with Crippen LogP contribution in [0.25, 0.3) is 11.4 Å². The molecule has 0 radical (unpaired) electrons. The van der Waals surface area contributed by atoms with Gasteiger partial charge in [0.05, 0.1) is 24.1 Å². The van der Waals surface area contributed by atoms with Crippen molar-refractivity contribution < 1.29 is 14.3 Å². The number of nitrogens with one attached hydrogen (secondary N) is 1. The first-order valence-corrected chi connectivity index (χ1v) is 9.03. The van der Waals surface area contributed by atoms with Crippen molar-refractivity contribution in [1.29, 1.82) is 0 Å². The van der Waals surface area contributed by atoms with Crippen LogP contribution in [0.3, 0.4) is 0 Å². The van der Waals surface area contributed by atoms with Crippen LogP contribution in [0.15, 0.2) is 18.3 Å². The number of carbonyl (C=O) groups is 1. The number of anilines is 1. The van der Waals surface area contributed by atoms with Gasteiger partial charge in [-0.25, -0.2) is 9.48 Å². The van der Waals surface area contributed by atoms with Crippen LogP contribution in [-0.4, -0.2) is 38.3 Å². The Balaban J connectivity index is 1.71. The molecule has 0 saturated heterocycles. The lowest BCUT2D eigenvalue weighted by molar-refractivity contribution is 0.129. The zero-order valence-electron chi connectivity index (χ0n) is 15.4. The lowest BCUT2D eigenvalue weighted by atomic mass is 9.98. The molecule has 0 spiro atoms. The van der Waals surface area contributed by atoms with E-state index in [0.29, 0.717) is 17.2 Å². The summed E-state index contributed by atoms with van der Waals surface area (Å²) < 4.78 is 12.6. The normalized spacial score (nSPS) is 15.1. The summed E-state index contributed by atoms with van der Waals surface area (Å²) in [6, 6.07) is 3.70. The van der Waals surface area contributed by atoms with Gasteiger partial charge in [0.1, 0.15) is 5.75 Å². The molecule has 1 amide bonds. The van der Waals surface area contributed by atoms with Crippen LogP contribution in [0.4, 0.5) is 10.6 Å². The highest BCUT2D eigenvalue weighted by Crippen LogP contribution is 2.27. The number of carbonyl (C=O) groups excluding carboxylic acids is 1. The Labute approximate surface area is 152 Å². The van der Waals surface area contributed by atoms with Crippen LogP contribution in [0, 0.1) is 0 Å². The maximum atomic E-state index is 11.9. The number of rotatable bonds is 5. The zero-order valence-corrected chi connectivity index (χ0v) is 15.4. The number of aromatic nitrogens is 4. The molecule has 140 valence electrons. The minimum atomic E-state index is -0.552. The second-order valence-corrected chi connectivity index (χ2v) is 6.75. The Morgan fingerprint density at radius 2 is 2.04 bits per heavy atom. The fourth-order valence-electron chi connectivity index (χ4n) is 2.98. The number of ether oxygens (including phenoxy) is 2. The van der Waals surface area contributed by atoms with Crippen molar-refractivity contribution in [3.63, 3.8) is 0 Å². The number of aryl methyl sites for hydroxylation is 1. The van der Waals surface area contributed by atoms with Gasteiger partial charge in [-0.2, -0.15) is 0 Å². The van der Waals surface area contributed by atoms with E-state index in [9.17, 15) is 4.79 Å². The molecule has 1 saturated carbocycles. The molecule has 0 aliphatic heterocycles. The predicted octanol–water partition coefficient (Wildman–Crippen LogP) is 3.55. The van der Waals surface area contributed by atoms with Gasteiger partial charge >= 0.3 is 6.09 Å². The first-order chi connectivity index (χ1) is 12.5. The molecule has 0 bridgehead atoms. The summed E-state index contributed by atoms with van der Waals surface area (Å²) in [5, 5.41) is 10.7. The third-order valence-electron chi connectivity index (χ3n) is 4.22. The highest BCUT2D eigenvalue weighted by molar-refractivity contribution is 5.88. The molecule has 8 nitrogen and oxygen atoms in total. The van der Waals surface area contributed by atoms with Crippen LogP contribution < -0.4 is 10.1 Å². The lowest BCUT2D eigenvalue weighted by Gasteiger charge is -2.22. The Hall–Kier alpha value is -2.64. The van der Waals surface area contributed by atoms with E-state index in [4.69, 9.17) is 9.47 Å². The Kier molecular flexibility index (Phi) is 5.70. The topological polar surface area (TPSA) is 91.2 Å². The smallest absolute Gasteiger partial charge is 0.413 e. The van der Waals surface area contributed by atoms with Gasteiger partial charge in [-0.05, 0) is 51.7 Å². The van der Waals surface area contributed by atoms with Crippen molar-refractivity contribution in [3.05, 3.63) is 18.3 Å². The lowest BCUT2D eigenvalue weighted by Crippen LogP contribution is -2.20. The van der Waals surface area contributed by atoms with E-state index in [1.807, 2.05) is 12.1 Å². The average Bonchev–Trinajstić information content (AvgIpc) is 2.96. The van der Waals surface area contributed by atoms with Gasteiger partial charge < -0.3 is 9.47 Å². The van der Waals surface area contributed by atoms with Crippen molar-refractivity contribution in [2.24, 2.45) is 7.05 Å². The Bertz CT molecular complexity index is 736. The van der Waals surface area contributed by atoms with E-state index in [-0.39, 0.29) is 12.2 Å². The summed E-state index contributed by atoms with van der Waals surface area (Å²) in [4.78, 5) is 16.3. The van der Waals surface area contributed by atoms with E-state index in [2.05, 4.69) is 20.6 Å². The van der Waals surface area contributed by atoms with Gasteiger partial charge in [0.2, 0.25) is 0 Å². The number of hydrogen-bond acceptors (Lipinski definition) is 6. The van der Waals surface area contributed by atoms with E-state index < -0.39 is 6.09 Å². The van der Waals surface area contributed by atoms with Gasteiger partial charge in [-0.1, -0.05) is 11.6 Å². The molecule has 26 heavy (non-hydrogen) atoms. The van der Waals surface area contributed by atoms with Gasteiger partial charge in [-0.15, -0.1) is 5.10 Å². The van der Waals surface area contributed by atoms with Crippen molar-refractivity contribution in [2.75, 3.05) is 5.32 Å². The minimum Gasteiger partial charge on any atom is -0.489 e. The Morgan fingerprint density at radius 1 is 1.27 bits per heavy atom. The molecular formula is C18H25N5O3. The molecule has 1 aliphatic carbocycles.